The van der Waals surface area contributed by atoms with Crippen LogP contribution in [0.4, 0.5) is 0 Å². The van der Waals surface area contributed by atoms with Crippen molar-refractivity contribution < 1.29 is 9.90 Å². The van der Waals surface area contributed by atoms with Gasteiger partial charge in [-0.15, -0.1) is 0 Å². The first kappa shape index (κ1) is 14.7. The quantitative estimate of drug-likeness (QED) is 0.744. The Morgan fingerprint density at radius 3 is 2.50 bits per heavy atom. The highest BCUT2D eigenvalue weighted by Gasteiger charge is 2.15. The van der Waals surface area contributed by atoms with E-state index in [0.29, 0.717) is 12.3 Å². The number of carboxylic acids is 1. The van der Waals surface area contributed by atoms with Crippen LogP contribution in [0.25, 0.3) is 0 Å². The van der Waals surface area contributed by atoms with Crippen LogP contribution in [0.2, 0.25) is 0 Å². The second-order valence-corrected chi connectivity index (χ2v) is 4.73. The van der Waals surface area contributed by atoms with Gasteiger partial charge in [-0.3, -0.25) is 4.79 Å². The van der Waals surface area contributed by atoms with Crippen molar-refractivity contribution in [2.75, 3.05) is 6.54 Å². The fourth-order valence-corrected chi connectivity index (χ4v) is 2.02. The molecule has 0 aromatic heterocycles. The summed E-state index contributed by atoms with van der Waals surface area (Å²) in [7, 11) is 0. The molecule has 0 radical (unpaired) electrons. The van der Waals surface area contributed by atoms with Crippen molar-refractivity contribution in [2.24, 2.45) is 0 Å². The van der Waals surface area contributed by atoms with Gasteiger partial charge in [-0.2, -0.15) is 0 Å². The molecule has 0 aliphatic heterocycles. The van der Waals surface area contributed by atoms with Crippen LogP contribution in [0.5, 0.6) is 0 Å². The van der Waals surface area contributed by atoms with Gasteiger partial charge < -0.3 is 10.4 Å². The lowest BCUT2D eigenvalue weighted by Gasteiger charge is -2.16. The molecule has 100 valence electrons. The molecule has 0 bridgehead atoms. The molecule has 0 fully saturated rings. The molecule has 1 aromatic rings. The predicted molar refractivity (Wildman–Crippen MR) is 73.8 cm³/mol. The van der Waals surface area contributed by atoms with Crippen LogP contribution in [0.3, 0.4) is 0 Å². The number of carbonyl (C=O) groups is 1. The molecule has 0 aliphatic carbocycles. The molecule has 2 unspecified atom stereocenters. The molecule has 0 saturated carbocycles. The van der Waals surface area contributed by atoms with Gasteiger partial charge in [-0.1, -0.05) is 50.6 Å². The third-order valence-electron chi connectivity index (χ3n) is 3.21. The van der Waals surface area contributed by atoms with Crippen LogP contribution in [0.15, 0.2) is 30.3 Å². The lowest BCUT2D eigenvalue weighted by Crippen LogP contribution is -2.37. The van der Waals surface area contributed by atoms with Crippen LogP contribution in [-0.2, 0) is 4.79 Å². The second kappa shape index (κ2) is 7.88. The van der Waals surface area contributed by atoms with Gasteiger partial charge in [-0.25, -0.2) is 0 Å². The largest absolute Gasteiger partial charge is 0.480 e. The van der Waals surface area contributed by atoms with E-state index in [1.807, 2.05) is 25.1 Å². The number of carboxylic acid groups (broad SMARTS) is 1. The van der Waals surface area contributed by atoms with Crippen molar-refractivity contribution in [2.45, 2.75) is 45.1 Å². The van der Waals surface area contributed by atoms with Crippen LogP contribution in [0.1, 0.15) is 44.6 Å². The summed E-state index contributed by atoms with van der Waals surface area (Å²) in [6.07, 6.45) is 2.53. The molecule has 2 atom stereocenters. The Balaban J connectivity index is 2.34. The smallest absolute Gasteiger partial charge is 0.320 e. The number of aliphatic carboxylic acids is 1. The maximum Gasteiger partial charge on any atom is 0.320 e. The summed E-state index contributed by atoms with van der Waals surface area (Å²) in [6, 6.07) is 9.91. The Kier molecular flexibility index (Phi) is 6.44. The topological polar surface area (TPSA) is 49.3 Å². The normalized spacial score (nSPS) is 14.1. The zero-order valence-corrected chi connectivity index (χ0v) is 11.2. The molecule has 2 N–H and O–H groups in total. The summed E-state index contributed by atoms with van der Waals surface area (Å²) in [5.41, 5.74) is 1.31. The van der Waals surface area contributed by atoms with Crippen LogP contribution >= 0.6 is 0 Å². The lowest BCUT2D eigenvalue weighted by molar-refractivity contribution is -0.139. The zero-order valence-electron chi connectivity index (χ0n) is 11.2. The van der Waals surface area contributed by atoms with E-state index in [0.717, 1.165) is 19.4 Å². The standard InChI is InChI=1S/C15H23NO2/c1-3-7-14(15(17)18)16-11-10-12(2)13-8-5-4-6-9-13/h4-6,8-9,12,14,16H,3,7,10-11H2,1-2H3,(H,17,18). The average molecular weight is 249 g/mol. The first-order chi connectivity index (χ1) is 8.65. The summed E-state index contributed by atoms with van der Waals surface area (Å²) in [5.74, 6) is -0.293. The molecule has 0 saturated heterocycles. The molecule has 18 heavy (non-hydrogen) atoms. The number of nitrogens with one attached hydrogen (secondary N) is 1. The highest BCUT2D eigenvalue weighted by molar-refractivity contribution is 5.73. The van der Waals surface area contributed by atoms with E-state index >= 15 is 0 Å². The molecule has 1 aromatic carbocycles. The molecule has 1 rings (SSSR count). The molecule has 0 spiro atoms. The van der Waals surface area contributed by atoms with Crippen LogP contribution in [0, 0.1) is 0 Å². The fraction of sp³-hybridized carbons (Fsp3) is 0.533. The van der Waals surface area contributed by atoms with E-state index < -0.39 is 12.0 Å². The Morgan fingerprint density at radius 1 is 1.28 bits per heavy atom. The van der Waals surface area contributed by atoms with Gasteiger partial charge in [-0.05, 0) is 30.9 Å². The van der Waals surface area contributed by atoms with E-state index in [1.54, 1.807) is 0 Å². The third-order valence-corrected chi connectivity index (χ3v) is 3.21. The Hall–Kier alpha value is -1.35. The summed E-state index contributed by atoms with van der Waals surface area (Å²) in [5, 5.41) is 12.1. The van der Waals surface area contributed by atoms with Crippen molar-refractivity contribution in [1.82, 2.24) is 5.32 Å². The molecular weight excluding hydrogens is 226 g/mol. The monoisotopic (exact) mass is 249 g/mol. The van der Waals surface area contributed by atoms with E-state index in [4.69, 9.17) is 5.11 Å². The summed E-state index contributed by atoms with van der Waals surface area (Å²) in [6.45, 7) is 4.92. The number of rotatable bonds is 8. The maximum atomic E-state index is 11.0. The number of hydrogen-bond acceptors (Lipinski definition) is 2. The Morgan fingerprint density at radius 2 is 1.94 bits per heavy atom. The van der Waals surface area contributed by atoms with Crippen molar-refractivity contribution in [3.05, 3.63) is 35.9 Å². The van der Waals surface area contributed by atoms with Crippen molar-refractivity contribution in [3.8, 4) is 0 Å². The molecule has 3 heteroatoms. The SMILES string of the molecule is CCCC(NCCC(C)c1ccccc1)C(=O)O. The van der Waals surface area contributed by atoms with Gasteiger partial charge in [0.25, 0.3) is 0 Å². The highest BCUT2D eigenvalue weighted by Crippen LogP contribution is 2.17. The molecule has 0 aliphatic rings. The molecule has 3 nitrogen and oxygen atoms in total. The first-order valence-corrected chi connectivity index (χ1v) is 6.66. The van der Waals surface area contributed by atoms with Crippen LogP contribution < -0.4 is 5.32 Å². The third kappa shape index (κ3) is 4.88. The molecular formula is C15H23NO2. The van der Waals surface area contributed by atoms with Crippen molar-refractivity contribution in [3.63, 3.8) is 0 Å². The predicted octanol–water partition coefficient (Wildman–Crippen LogP) is 3.02. The first-order valence-electron chi connectivity index (χ1n) is 6.66. The van der Waals surface area contributed by atoms with Crippen molar-refractivity contribution >= 4 is 5.97 Å². The van der Waals surface area contributed by atoms with Crippen LogP contribution in [-0.4, -0.2) is 23.7 Å². The van der Waals surface area contributed by atoms with E-state index in [-0.39, 0.29) is 0 Å². The highest BCUT2D eigenvalue weighted by atomic mass is 16.4. The summed E-state index contributed by atoms with van der Waals surface area (Å²) >= 11 is 0. The van der Waals surface area contributed by atoms with Gasteiger partial charge >= 0.3 is 5.97 Å². The maximum absolute atomic E-state index is 11.0. The van der Waals surface area contributed by atoms with Gasteiger partial charge in [0.2, 0.25) is 0 Å². The van der Waals surface area contributed by atoms with E-state index in [9.17, 15) is 4.79 Å². The number of hydrogen-bond donors (Lipinski definition) is 2. The van der Waals surface area contributed by atoms with E-state index in [2.05, 4.69) is 24.4 Å². The van der Waals surface area contributed by atoms with Gasteiger partial charge in [0, 0.05) is 0 Å². The minimum atomic E-state index is -0.746. The second-order valence-electron chi connectivity index (χ2n) is 4.73. The minimum Gasteiger partial charge on any atom is -0.480 e. The Bertz CT molecular complexity index is 351. The van der Waals surface area contributed by atoms with E-state index in [1.165, 1.54) is 5.56 Å². The minimum absolute atomic E-state index is 0.405. The van der Waals surface area contributed by atoms with Gasteiger partial charge in [0.15, 0.2) is 0 Å². The zero-order chi connectivity index (χ0) is 13.4. The molecule has 0 amide bonds. The Labute approximate surface area is 109 Å². The average Bonchev–Trinajstić information content (AvgIpc) is 2.38. The van der Waals surface area contributed by atoms with Gasteiger partial charge in [0.1, 0.15) is 6.04 Å². The van der Waals surface area contributed by atoms with Gasteiger partial charge in [0.05, 0.1) is 0 Å². The summed E-state index contributed by atoms with van der Waals surface area (Å²) in [4.78, 5) is 11.0. The van der Waals surface area contributed by atoms with Crippen molar-refractivity contribution in [1.29, 1.82) is 0 Å². The number of benzene rings is 1. The summed E-state index contributed by atoms with van der Waals surface area (Å²) < 4.78 is 0. The fourth-order valence-electron chi connectivity index (χ4n) is 2.02. The lowest BCUT2D eigenvalue weighted by atomic mass is 9.98. The molecule has 0 heterocycles.